The van der Waals surface area contributed by atoms with Crippen LogP contribution in [-0.4, -0.2) is 37.6 Å². The van der Waals surface area contributed by atoms with Gasteiger partial charge in [0, 0.05) is 4.92 Å². The molecule has 0 aliphatic carbocycles. The Morgan fingerprint density at radius 2 is 1.62 bits per heavy atom. The SMILES string of the molecule is COC(=O)C(C(=O)OC)[C@@H](C[N+](=O)[O-])c1cccc2ccccc12. The van der Waals surface area contributed by atoms with E-state index in [0.29, 0.717) is 5.56 Å². The summed E-state index contributed by atoms with van der Waals surface area (Å²) in [7, 11) is 2.26. The van der Waals surface area contributed by atoms with Crippen LogP contribution in [0.2, 0.25) is 0 Å². The van der Waals surface area contributed by atoms with E-state index in [-0.39, 0.29) is 0 Å². The molecule has 0 saturated heterocycles. The standard InChI is InChI=1S/C17H17NO6/c1-23-16(19)15(17(20)24-2)14(10-18(21)22)13-9-5-7-11-6-3-4-8-12(11)13/h3-9,14-15H,10H2,1-2H3/t14-/m0/s1. The van der Waals surface area contributed by atoms with Gasteiger partial charge < -0.3 is 9.47 Å². The molecule has 0 N–H and O–H groups in total. The molecule has 0 aromatic heterocycles. The van der Waals surface area contributed by atoms with E-state index in [1.54, 1.807) is 24.3 Å². The van der Waals surface area contributed by atoms with Crippen molar-refractivity contribution in [2.75, 3.05) is 20.8 Å². The number of carbonyl (C=O) groups excluding carboxylic acids is 2. The summed E-state index contributed by atoms with van der Waals surface area (Å²) in [5.41, 5.74) is 0.533. The van der Waals surface area contributed by atoms with Crippen molar-refractivity contribution in [1.82, 2.24) is 0 Å². The monoisotopic (exact) mass is 331 g/mol. The zero-order valence-corrected chi connectivity index (χ0v) is 13.3. The maximum absolute atomic E-state index is 12.1. The number of benzene rings is 2. The maximum Gasteiger partial charge on any atom is 0.320 e. The normalized spacial score (nSPS) is 12.0. The Morgan fingerprint density at radius 3 is 2.21 bits per heavy atom. The molecule has 0 aliphatic rings. The number of methoxy groups -OCH3 is 2. The second-order valence-corrected chi connectivity index (χ2v) is 5.21. The molecule has 0 bridgehead atoms. The lowest BCUT2D eigenvalue weighted by atomic mass is 9.83. The number of fused-ring (bicyclic) bond motifs is 1. The van der Waals surface area contributed by atoms with E-state index < -0.39 is 35.2 Å². The minimum absolute atomic E-state index is 0.533. The van der Waals surface area contributed by atoms with E-state index in [4.69, 9.17) is 0 Å². The molecule has 7 heteroatoms. The molecule has 126 valence electrons. The minimum atomic E-state index is -1.41. The van der Waals surface area contributed by atoms with Crippen molar-refractivity contribution in [3.05, 3.63) is 58.1 Å². The molecule has 0 aliphatic heterocycles. The van der Waals surface area contributed by atoms with Crippen LogP contribution in [0.1, 0.15) is 11.5 Å². The lowest BCUT2D eigenvalue weighted by Crippen LogP contribution is -2.35. The van der Waals surface area contributed by atoms with Crippen LogP contribution in [0.3, 0.4) is 0 Å². The van der Waals surface area contributed by atoms with Crippen molar-refractivity contribution in [2.24, 2.45) is 5.92 Å². The van der Waals surface area contributed by atoms with E-state index >= 15 is 0 Å². The van der Waals surface area contributed by atoms with E-state index in [1.165, 1.54) is 0 Å². The lowest BCUT2D eigenvalue weighted by molar-refractivity contribution is -0.484. The summed E-state index contributed by atoms with van der Waals surface area (Å²) in [6.45, 7) is -0.594. The molecule has 7 nitrogen and oxygen atoms in total. The zero-order valence-electron chi connectivity index (χ0n) is 13.3. The fourth-order valence-corrected chi connectivity index (χ4v) is 2.80. The highest BCUT2D eigenvalue weighted by atomic mass is 16.6. The Labute approximate surface area is 138 Å². The van der Waals surface area contributed by atoms with Crippen molar-refractivity contribution in [1.29, 1.82) is 0 Å². The summed E-state index contributed by atoms with van der Waals surface area (Å²) in [6, 6.07) is 12.5. The molecular weight excluding hydrogens is 314 g/mol. The van der Waals surface area contributed by atoms with Gasteiger partial charge in [0.05, 0.1) is 20.1 Å². The molecule has 24 heavy (non-hydrogen) atoms. The number of hydrogen-bond acceptors (Lipinski definition) is 6. The van der Waals surface area contributed by atoms with Crippen molar-refractivity contribution < 1.29 is 24.0 Å². The van der Waals surface area contributed by atoms with Gasteiger partial charge >= 0.3 is 11.9 Å². The van der Waals surface area contributed by atoms with Gasteiger partial charge in [-0.05, 0) is 16.3 Å². The third kappa shape index (κ3) is 3.51. The first-order valence-electron chi connectivity index (χ1n) is 7.24. The predicted molar refractivity (Wildman–Crippen MR) is 86.1 cm³/mol. The first-order valence-corrected chi connectivity index (χ1v) is 7.24. The van der Waals surface area contributed by atoms with Crippen LogP contribution in [-0.2, 0) is 19.1 Å². The van der Waals surface area contributed by atoms with Crippen LogP contribution in [0.4, 0.5) is 0 Å². The summed E-state index contributed by atoms with van der Waals surface area (Å²) in [5.74, 6) is -4.12. The smallest absolute Gasteiger partial charge is 0.320 e. The Bertz CT molecular complexity index is 751. The summed E-state index contributed by atoms with van der Waals surface area (Å²) in [4.78, 5) is 34.8. The third-order valence-electron chi connectivity index (χ3n) is 3.88. The molecule has 0 amide bonds. The number of esters is 2. The van der Waals surface area contributed by atoms with Gasteiger partial charge in [-0.2, -0.15) is 0 Å². The average Bonchev–Trinajstić information content (AvgIpc) is 2.59. The van der Waals surface area contributed by atoms with E-state index in [1.807, 2.05) is 18.2 Å². The van der Waals surface area contributed by atoms with E-state index in [2.05, 4.69) is 9.47 Å². The summed E-state index contributed by atoms with van der Waals surface area (Å²) in [5, 5.41) is 12.7. The highest BCUT2D eigenvalue weighted by Gasteiger charge is 2.41. The molecule has 1 atom stereocenters. The molecule has 0 heterocycles. The quantitative estimate of drug-likeness (QED) is 0.348. The first kappa shape index (κ1) is 17.4. The molecule has 0 spiro atoms. The van der Waals surface area contributed by atoms with Crippen LogP contribution in [0.15, 0.2) is 42.5 Å². The van der Waals surface area contributed by atoms with Gasteiger partial charge in [0.2, 0.25) is 6.54 Å². The first-order chi connectivity index (χ1) is 11.5. The number of nitrogens with zero attached hydrogens (tertiary/aromatic N) is 1. The Morgan fingerprint density at radius 1 is 1.04 bits per heavy atom. The van der Waals surface area contributed by atoms with Crippen molar-refractivity contribution >= 4 is 22.7 Å². The number of nitro groups is 1. The molecule has 0 unspecified atom stereocenters. The number of carbonyl (C=O) groups is 2. The molecule has 0 saturated carbocycles. The van der Waals surface area contributed by atoms with Crippen LogP contribution < -0.4 is 0 Å². The highest BCUT2D eigenvalue weighted by molar-refractivity contribution is 5.97. The van der Waals surface area contributed by atoms with Gasteiger partial charge in [0.1, 0.15) is 0 Å². The summed E-state index contributed by atoms with van der Waals surface area (Å²) < 4.78 is 9.34. The van der Waals surface area contributed by atoms with Gasteiger partial charge in [-0.1, -0.05) is 42.5 Å². The Kier molecular flexibility index (Phi) is 5.47. The second-order valence-electron chi connectivity index (χ2n) is 5.21. The van der Waals surface area contributed by atoms with Gasteiger partial charge in [-0.25, -0.2) is 0 Å². The Hall–Kier alpha value is -2.96. The van der Waals surface area contributed by atoms with Gasteiger partial charge in [-0.15, -0.1) is 0 Å². The molecule has 2 aromatic rings. The topological polar surface area (TPSA) is 95.7 Å². The molecule has 0 radical (unpaired) electrons. The lowest BCUT2D eigenvalue weighted by Gasteiger charge is -2.22. The van der Waals surface area contributed by atoms with E-state index in [0.717, 1.165) is 25.0 Å². The van der Waals surface area contributed by atoms with E-state index in [9.17, 15) is 19.7 Å². The van der Waals surface area contributed by atoms with Crippen molar-refractivity contribution in [2.45, 2.75) is 5.92 Å². The molecule has 2 aromatic carbocycles. The van der Waals surface area contributed by atoms with Crippen LogP contribution in [0, 0.1) is 16.0 Å². The average molecular weight is 331 g/mol. The largest absolute Gasteiger partial charge is 0.468 e. The summed E-state index contributed by atoms with van der Waals surface area (Å²) >= 11 is 0. The number of hydrogen-bond donors (Lipinski definition) is 0. The fourth-order valence-electron chi connectivity index (χ4n) is 2.80. The second kappa shape index (κ2) is 7.54. The van der Waals surface area contributed by atoms with Gasteiger partial charge in [0.15, 0.2) is 5.92 Å². The third-order valence-corrected chi connectivity index (χ3v) is 3.88. The van der Waals surface area contributed by atoms with Gasteiger partial charge in [-0.3, -0.25) is 19.7 Å². The summed E-state index contributed by atoms with van der Waals surface area (Å²) in [6.07, 6.45) is 0. The van der Waals surface area contributed by atoms with Crippen LogP contribution >= 0.6 is 0 Å². The number of rotatable bonds is 6. The molecule has 0 fully saturated rings. The number of ether oxygens (including phenoxy) is 2. The van der Waals surface area contributed by atoms with Crippen LogP contribution in [0.25, 0.3) is 10.8 Å². The van der Waals surface area contributed by atoms with Crippen molar-refractivity contribution in [3.63, 3.8) is 0 Å². The molecule has 2 rings (SSSR count). The van der Waals surface area contributed by atoms with Gasteiger partial charge in [0.25, 0.3) is 0 Å². The molecular formula is C17H17NO6. The fraction of sp³-hybridized carbons (Fsp3) is 0.294. The van der Waals surface area contributed by atoms with Crippen LogP contribution in [0.5, 0.6) is 0 Å². The van der Waals surface area contributed by atoms with Crippen molar-refractivity contribution in [3.8, 4) is 0 Å². The highest BCUT2D eigenvalue weighted by Crippen LogP contribution is 2.32. The Balaban J connectivity index is 2.63. The zero-order chi connectivity index (χ0) is 17.7. The predicted octanol–water partition coefficient (Wildman–Crippen LogP) is 2.16. The maximum atomic E-state index is 12.1. The minimum Gasteiger partial charge on any atom is -0.468 e.